The van der Waals surface area contributed by atoms with Crippen LogP contribution in [0.4, 0.5) is 5.69 Å². The summed E-state index contributed by atoms with van der Waals surface area (Å²) >= 11 is 2.20. The number of ketones is 1. The van der Waals surface area contributed by atoms with Gasteiger partial charge in [0.15, 0.2) is 5.78 Å². The summed E-state index contributed by atoms with van der Waals surface area (Å²) in [6.45, 7) is 0.635. The molecule has 1 amide bonds. The van der Waals surface area contributed by atoms with Gasteiger partial charge in [0.2, 0.25) is 5.91 Å². The normalized spacial score (nSPS) is 19.1. The Kier molecular flexibility index (Phi) is 4.53. The number of anilines is 1. The fourth-order valence-corrected chi connectivity index (χ4v) is 2.61. The first-order valence-corrected chi connectivity index (χ1v) is 7.18. The summed E-state index contributed by atoms with van der Waals surface area (Å²) in [5.74, 6) is -1.08. The molecule has 1 aliphatic rings. The Bertz CT molecular complexity index is 533. The number of rotatable bonds is 3. The third-order valence-corrected chi connectivity index (χ3v) is 3.94. The number of carbonyl (C=O) groups excluding carboxylic acids is 2. The number of nitrogens with zero attached hydrogens (tertiary/aromatic N) is 2. The molecule has 1 heterocycles. The highest BCUT2D eigenvalue weighted by Crippen LogP contribution is 2.26. The van der Waals surface area contributed by atoms with Crippen LogP contribution >= 0.6 is 22.6 Å². The lowest BCUT2D eigenvalue weighted by Crippen LogP contribution is -2.44. The molecule has 1 aliphatic heterocycles. The van der Waals surface area contributed by atoms with Gasteiger partial charge in [0.25, 0.3) is 0 Å². The fraction of sp³-hybridized carbons (Fsp3) is 0.357. The molecule has 0 spiro atoms. The molecule has 1 aromatic carbocycles. The molecule has 0 saturated carbocycles. The van der Waals surface area contributed by atoms with Gasteiger partial charge in [0.1, 0.15) is 0 Å². The lowest BCUT2D eigenvalue weighted by molar-refractivity contribution is -0.133. The Morgan fingerprint density at radius 3 is 2.74 bits per heavy atom. The third kappa shape index (κ3) is 3.13. The Morgan fingerprint density at radius 1 is 1.42 bits per heavy atom. The van der Waals surface area contributed by atoms with E-state index in [4.69, 9.17) is 5.26 Å². The van der Waals surface area contributed by atoms with Crippen molar-refractivity contribution in [2.45, 2.75) is 19.3 Å². The molecular weight excluding hydrogens is 355 g/mol. The van der Waals surface area contributed by atoms with E-state index in [-0.39, 0.29) is 18.1 Å². The zero-order valence-electron chi connectivity index (χ0n) is 10.3. The molecule has 0 aliphatic carbocycles. The molecule has 4 nitrogen and oxygen atoms in total. The monoisotopic (exact) mass is 368 g/mol. The van der Waals surface area contributed by atoms with Crippen molar-refractivity contribution >= 4 is 40.0 Å². The summed E-state index contributed by atoms with van der Waals surface area (Å²) in [6.07, 6.45) is 1.16. The van der Waals surface area contributed by atoms with Crippen LogP contribution in [0.1, 0.15) is 19.3 Å². The smallest absolute Gasteiger partial charge is 0.237 e. The van der Waals surface area contributed by atoms with E-state index in [1.807, 2.05) is 30.3 Å². The first-order chi connectivity index (χ1) is 9.13. The van der Waals surface area contributed by atoms with Crippen LogP contribution in [-0.4, -0.2) is 18.2 Å². The van der Waals surface area contributed by atoms with Crippen LogP contribution < -0.4 is 4.90 Å². The molecule has 0 bridgehead atoms. The van der Waals surface area contributed by atoms with Crippen LogP contribution in [0.25, 0.3) is 0 Å². The average molecular weight is 368 g/mol. The maximum absolute atomic E-state index is 12.3. The van der Waals surface area contributed by atoms with Gasteiger partial charge in [-0.25, -0.2) is 0 Å². The van der Waals surface area contributed by atoms with Crippen LogP contribution in [0, 0.1) is 20.8 Å². The van der Waals surface area contributed by atoms with Crippen LogP contribution in [0.5, 0.6) is 0 Å². The zero-order chi connectivity index (χ0) is 13.8. The number of Topliss-reactive ketones (excluding diaryl/α,β-unsaturated/α-hetero) is 1. The second-order valence-corrected chi connectivity index (χ2v) is 5.71. The Labute approximate surface area is 125 Å². The molecule has 2 rings (SSSR count). The van der Waals surface area contributed by atoms with Gasteiger partial charge in [0, 0.05) is 15.8 Å². The van der Waals surface area contributed by atoms with Crippen molar-refractivity contribution in [3.05, 3.63) is 27.8 Å². The third-order valence-electron chi connectivity index (χ3n) is 3.22. The second-order valence-electron chi connectivity index (χ2n) is 4.46. The predicted octanol–water partition coefficient (Wildman–Crippen LogP) is 2.52. The summed E-state index contributed by atoms with van der Waals surface area (Å²) in [6, 6.07) is 9.47. The Hall–Kier alpha value is -1.42. The molecule has 98 valence electrons. The minimum atomic E-state index is -0.646. The average Bonchev–Trinajstić information content (AvgIpc) is 2.40. The fourth-order valence-electron chi connectivity index (χ4n) is 2.25. The predicted molar refractivity (Wildman–Crippen MR) is 79.5 cm³/mol. The van der Waals surface area contributed by atoms with E-state index in [1.54, 1.807) is 4.90 Å². The number of piperidine rings is 1. The van der Waals surface area contributed by atoms with Crippen LogP contribution in [0.2, 0.25) is 0 Å². The molecule has 0 N–H and O–H groups in total. The van der Waals surface area contributed by atoms with E-state index in [9.17, 15) is 9.59 Å². The van der Waals surface area contributed by atoms with E-state index in [2.05, 4.69) is 22.6 Å². The number of hydrogen-bond acceptors (Lipinski definition) is 3. The first-order valence-electron chi connectivity index (χ1n) is 6.10. The second kappa shape index (κ2) is 6.15. The van der Waals surface area contributed by atoms with Gasteiger partial charge < -0.3 is 4.90 Å². The number of halogens is 1. The molecule has 1 aromatic rings. The highest BCUT2D eigenvalue weighted by atomic mass is 127. The van der Waals surface area contributed by atoms with E-state index in [0.29, 0.717) is 13.0 Å². The summed E-state index contributed by atoms with van der Waals surface area (Å²) < 4.78 is 1.10. The van der Waals surface area contributed by atoms with Gasteiger partial charge in [-0.05, 0) is 59.7 Å². The van der Waals surface area contributed by atoms with Crippen molar-refractivity contribution in [1.82, 2.24) is 0 Å². The van der Waals surface area contributed by atoms with E-state index < -0.39 is 5.92 Å². The van der Waals surface area contributed by atoms with Crippen LogP contribution in [0.3, 0.4) is 0 Å². The van der Waals surface area contributed by atoms with Crippen molar-refractivity contribution in [2.24, 2.45) is 5.92 Å². The molecule has 0 radical (unpaired) electrons. The van der Waals surface area contributed by atoms with Gasteiger partial charge in [-0.3, -0.25) is 9.59 Å². The topological polar surface area (TPSA) is 61.2 Å². The summed E-state index contributed by atoms with van der Waals surface area (Å²) in [4.78, 5) is 25.7. The van der Waals surface area contributed by atoms with Gasteiger partial charge in [-0.2, -0.15) is 5.26 Å². The standard InChI is InChI=1S/C14H13IN2O2/c15-10-3-5-11(6-4-10)17-9-1-2-12(14(17)19)13(18)7-8-16/h3-6,12H,1-2,7,9H2. The highest BCUT2D eigenvalue weighted by molar-refractivity contribution is 14.1. The minimum Gasteiger partial charge on any atom is -0.312 e. The lowest BCUT2D eigenvalue weighted by atomic mass is 9.91. The SMILES string of the molecule is N#CCC(=O)C1CCCN(c2ccc(I)cc2)C1=O. The quantitative estimate of drug-likeness (QED) is 0.609. The van der Waals surface area contributed by atoms with Gasteiger partial charge in [0.05, 0.1) is 18.4 Å². The minimum absolute atomic E-state index is 0.173. The van der Waals surface area contributed by atoms with E-state index in [1.165, 1.54) is 0 Å². The summed E-state index contributed by atoms with van der Waals surface area (Å²) in [5, 5.41) is 8.57. The molecule has 5 heteroatoms. The van der Waals surface area contributed by atoms with Gasteiger partial charge in [-0.1, -0.05) is 0 Å². The molecule has 1 fully saturated rings. The van der Waals surface area contributed by atoms with Gasteiger partial charge in [-0.15, -0.1) is 0 Å². The Balaban J connectivity index is 2.19. The number of benzene rings is 1. The number of carbonyl (C=O) groups is 2. The number of hydrogen-bond donors (Lipinski definition) is 0. The number of nitriles is 1. The summed E-state index contributed by atoms with van der Waals surface area (Å²) in [7, 11) is 0. The van der Waals surface area contributed by atoms with Crippen molar-refractivity contribution in [2.75, 3.05) is 11.4 Å². The molecule has 1 atom stereocenters. The maximum atomic E-state index is 12.3. The molecular formula is C14H13IN2O2. The number of amides is 1. The lowest BCUT2D eigenvalue weighted by Gasteiger charge is -2.31. The maximum Gasteiger partial charge on any atom is 0.237 e. The highest BCUT2D eigenvalue weighted by Gasteiger charge is 2.34. The van der Waals surface area contributed by atoms with Crippen LogP contribution in [0.15, 0.2) is 24.3 Å². The van der Waals surface area contributed by atoms with Crippen molar-refractivity contribution in [3.8, 4) is 6.07 Å². The molecule has 1 unspecified atom stereocenters. The largest absolute Gasteiger partial charge is 0.312 e. The van der Waals surface area contributed by atoms with Crippen LogP contribution in [-0.2, 0) is 9.59 Å². The zero-order valence-corrected chi connectivity index (χ0v) is 12.5. The van der Waals surface area contributed by atoms with Gasteiger partial charge >= 0.3 is 0 Å². The molecule has 19 heavy (non-hydrogen) atoms. The summed E-state index contributed by atoms with van der Waals surface area (Å²) in [5.41, 5.74) is 0.819. The first kappa shape index (κ1) is 14.0. The van der Waals surface area contributed by atoms with E-state index >= 15 is 0 Å². The molecule has 0 aromatic heterocycles. The van der Waals surface area contributed by atoms with Crippen molar-refractivity contribution in [1.29, 1.82) is 5.26 Å². The Morgan fingerprint density at radius 2 is 2.11 bits per heavy atom. The van der Waals surface area contributed by atoms with E-state index in [0.717, 1.165) is 15.7 Å². The van der Waals surface area contributed by atoms with Crippen molar-refractivity contribution in [3.63, 3.8) is 0 Å². The molecule has 1 saturated heterocycles. The van der Waals surface area contributed by atoms with Crippen molar-refractivity contribution < 1.29 is 9.59 Å².